The van der Waals surface area contributed by atoms with Gasteiger partial charge in [-0.15, -0.1) is 0 Å². The summed E-state index contributed by atoms with van der Waals surface area (Å²) < 4.78 is 39.5. The maximum atomic E-state index is 13.6. The Kier molecular flexibility index (Phi) is 6.12. The number of hydrogen-bond donors (Lipinski definition) is 1. The summed E-state index contributed by atoms with van der Waals surface area (Å²) >= 11 is 0. The summed E-state index contributed by atoms with van der Waals surface area (Å²) in [5.41, 5.74) is 0.128. The molecule has 0 bridgehead atoms. The Morgan fingerprint density at radius 1 is 1.39 bits per heavy atom. The summed E-state index contributed by atoms with van der Waals surface area (Å²) in [4.78, 5) is 12.3. The number of amides is 1. The van der Waals surface area contributed by atoms with Gasteiger partial charge in [-0.2, -0.15) is 0 Å². The first kappa shape index (κ1) is 17.9. The Balaban J connectivity index is 2.00. The fourth-order valence-electron chi connectivity index (χ4n) is 2.66. The van der Waals surface area contributed by atoms with Crippen LogP contribution in [0.3, 0.4) is 0 Å². The minimum absolute atomic E-state index is 0.116. The highest BCUT2D eigenvalue weighted by Crippen LogP contribution is 2.22. The molecule has 0 radical (unpaired) electrons. The van der Waals surface area contributed by atoms with Crippen LogP contribution in [0.2, 0.25) is 0 Å². The third kappa shape index (κ3) is 4.75. The number of anilines is 1. The zero-order chi connectivity index (χ0) is 16.9. The molecule has 1 fully saturated rings. The number of unbranched alkanes of at least 4 members (excludes halogenated alkanes) is 1. The minimum Gasteiger partial charge on any atom is -0.323 e. The molecule has 1 heterocycles. The fraction of sp³-hybridized carbons (Fsp3) is 0.562. The van der Waals surface area contributed by atoms with Crippen LogP contribution < -0.4 is 5.32 Å². The van der Waals surface area contributed by atoms with E-state index in [0.717, 1.165) is 6.42 Å². The third-order valence-corrected chi connectivity index (χ3v) is 5.96. The molecule has 1 aliphatic rings. The van der Waals surface area contributed by atoms with Gasteiger partial charge < -0.3 is 5.32 Å². The predicted molar refractivity (Wildman–Crippen MR) is 88.0 cm³/mol. The van der Waals surface area contributed by atoms with Crippen LogP contribution in [0.15, 0.2) is 24.3 Å². The Hall–Kier alpha value is -1.47. The molecule has 0 aliphatic carbocycles. The lowest BCUT2D eigenvalue weighted by Gasteiger charge is -2.31. The summed E-state index contributed by atoms with van der Waals surface area (Å²) in [6.45, 7) is 2.57. The average Bonchev–Trinajstić information content (AvgIpc) is 2.55. The highest BCUT2D eigenvalue weighted by molar-refractivity contribution is 7.89. The number of para-hydroxylation sites is 1. The van der Waals surface area contributed by atoms with E-state index in [4.69, 9.17) is 0 Å². The normalized spacial score (nSPS) is 19.5. The van der Waals surface area contributed by atoms with E-state index < -0.39 is 21.8 Å². The van der Waals surface area contributed by atoms with Crippen molar-refractivity contribution in [2.45, 2.75) is 32.6 Å². The van der Waals surface area contributed by atoms with Gasteiger partial charge in [0.1, 0.15) is 5.82 Å². The van der Waals surface area contributed by atoms with Crippen molar-refractivity contribution in [3.05, 3.63) is 30.1 Å². The molecule has 0 unspecified atom stereocenters. The number of nitrogens with zero attached hydrogens (tertiary/aromatic N) is 1. The maximum Gasteiger partial charge on any atom is 0.228 e. The zero-order valence-electron chi connectivity index (χ0n) is 13.3. The van der Waals surface area contributed by atoms with E-state index in [1.165, 1.54) is 16.4 Å². The van der Waals surface area contributed by atoms with Gasteiger partial charge in [-0.05, 0) is 31.4 Å². The first-order valence-corrected chi connectivity index (χ1v) is 9.58. The average molecular weight is 342 g/mol. The second-order valence-electron chi connectivity index (χ2n) is 5.84. The van der Waals surface area contributed by atoms with Gasteiger partial charge >= 0.3 is 0 Å². The second-order valence-corrected chi connectivity index (χ2v) is 7.92. The van der Waals surface area contributed by atoms with Crippen LogP contribution >= 0.6 is 0 Å². The van der Waals surface area contributed by atoms with Crippen LogP contribution in [0, 0.1) is 11.7 Å². The van der Waals surface area contributed by atoms with E-state index in [-0.39, 0.29) is 23.9 Å². The van der Waals surface area contributed by atoms with Crippen LogP contribution in [0.1, 0.15) is 32.6 Å². The predicted octanol–water partition coefficient (Wildman–Crippen LogP) is 2.61. The number of carbonyl (C=O) groups is 1. The van der Waals surface area contributed by atoms with Gasteiger partial charge in [0.2, 0.25) is 15.9 Å². The molecule has 5 nitrogen and oxygen atoms in total. The smallest absolute Gasteiger partial charge is 0.228 e. The molecule has 23 heavy (non-hydrogen) atoms. The van der Waals surface area contributed by atoms with Crippen molar-refractivity contribution in [3.8, 4) is 0 Å². The van der Waals surface area contributed by atoms with Crippen LogP contribution in [0.4, 0.5) is 10.1 Å². The van der Waals surface area contributed by atoms with Crippen molar-refractivity contribution >= 4 is 21.6 Å². The minimum atomic E-state index is -3.31. The van der Waals surface area contributed by atoms with Gasteiger partial charge in [0.05, 0.1) is 17.4 Å². The Morgan fingerprint density at radius 2 is 2.13 bits per heavy atom. The van der Waals surface area contributed by atoms with Gasteiger partial charge in [-0.1, -0.05) is 25.5 Å². The van der Waals surface area contributed by atoms with E-state index in [1.807, 2.05) is 6.92 Å². The van der Waals surface area contributed by atoms with E-state index in [2.05, 4.69) is 5.32 Å². The molecule has 1 N–H and O–H groups in total. The topological polar surface area (TPSA) is 66.5 Å². The second kappa shape index (κ2) is 7.88. The van der Waals surface area contributed by atoms with Crippen molar-refractivity contribution in [2.75, 3.05) is 24.2 Å². The van der Waals surface area contributed by atoms with Gasteiger partial charge in [0.15, 0.2) is 0 Å². The van der Waals surface area contributed by atoms with E-state index in [9.17, 15) is 17.6 Å². The molecular formula is C16H23FN2O3S. The summed E-state index contributed by atoms with van der Waals surface area (Å²) in [5.74, 6) is -1.15. The Labute approximate surface area is 136 Å². The molecule has 1 aliphatic heterocycles. The monoisotopic (exact) mass is 342 g/mol. The molecule has 1 atom stereocenters. The van der Waals surface area contributed by atoms with E-state index in [0.29, 0.717) is 25.8 Å². The highest BCUT2D eigenvalue weighted by Gasteiger charge is 2.32. The van der Waals surface area contributed by atoms with Crippen LogP contribution in [0.5, 0.6) is 0 Å². The van der Waals surface area contributed by atoms with Crippen molar-refractivity contribution in [3.63, 3.8) is 0 Å². The quantitative estimate of drug-likeness (QED) is 0.864. The molecule has 7 heteroatoms. The number of sulfonamides is 1. The largest absolute Gasteiger partial charge is 0.323 e. The SMILES string of the molecule is CCCCS(=O)(=O)N1CCC[C@@H](C(=O)Nc2ccccc2F)C1. The molecule has 2 rings (SSSR count). The number of piperidine rings is 1. The molecule has 1 amide bonds. The number of hydrogen-bond acceptors (Lipinski definition) is 3. The van der Waals surface area contributed by atoms with Gasteiger partial charge in [0.25, 0.3) is 0 Å². The number of halogens is 1. The number of benzene rings is 1. The van der Waals surface area contributed by atoms with E-state index >= 15 is 0 Å². The summed E-state index contributed by atoms with van der Waals surface area (Å²) in [5, 5.41) is 2.56. The number of nitrogens with one attached hydrogen (secondary N) is 1. The zero-order valence-corrected chi connectivity index (χ0v) is 14.1. The number of carbonyl (C=O) groups excluding carboxylic acids is 1. The molecule has 1 saturated heterocycles. The van der Waals surface area contributed by atoms with Gasteiger partial charge in [0, 0.05) is 13.1 Å². The van der Waals surface area contributed by atoms with Crippen molar-refractivity contribution in [1.82, 2.24) is 4.31 Å². The standard InChI is InChI=1S/C16H23FN2O3S/c1-2-3-11-23(21,22)19-10-6-7-13(12-19)16(20)18-15-9-5-4-8-14(15)17/h4-5,8-9,13H,2-3,6-7,10-12H2,1H3,(H,18,20)/t13-/m1/s1. The fourth-order valence-corrected chi connectivity index (χ4v) is 4.39. The third-order valence-electron chi connectivity index (χ3n) is 4.04. The number of rotatable bonds is 6. The van der Waals surface area contributed by atoms with Gasteiger partial charge in [-0.3, -0.25) is 4.79 Å². The van der Waals surface area contributed by atoms with Crippen LogP contribution in [-0.4, -0.2) is 37.5 Å². The molecule has 128 valence electrons. The Morgan fingerprint density at radius 3 is 2.83 bits per heavy atom. The maximum absolute atomic E-state index is 13.6. The lowest BCUT2D eigenvalue weighted by molar-refractivity contribution is -0.120. The highest BCUT2D eigenvalue weighted by atomic mass is 32.2. The van der Waals surface area contributed by atoms with Crippen LogP contribution in [-0.2, 0) is 14.8 Å². The summed E-state index contributed by atoms with van der Waals surface area (Å²) in [7, 11) is -3.31. The van der Waals surface area contributed by atoms with E-state index in [1.54, 1.807) is 12.1 Å². The molecule has 0 spiro atoms. The van der Waals surface area contributed by atoms with Crippen molar-refractivity contribution in [1.29, 1.82) is 0 Å². The lowest BCUT2D eigenvalue weighted by Crippen LogP contribution is -2.44. The van der Waals surface area contributed by atoms with Crippen LogP contribution in [0.25, 0.3) is 0 Å². The molecular weight excluding hydrogens is 319 g/mol. The first-order valence-electron chi connectivity index (χ1n) is 7.97. The summed E-state index contributed by atoms with van der Waals surface area (Å²) in [6.07, 6.45) is 2.68. The van der Waals surface area contributed by atoms with Crippen molar-refractivity contribution < 1.29 is 17.6 Å². The first-order chi connectivity index (χ1) is 10.9. The lowest BCUT2D eigenvalue weighted by atomic mass is 9.98. The molecule has 1 aromatic rings. The molecule has 0 saturated carbocycles. The Bertz CT molecular complexity index is 648. The summed E-state index contributed by atoms with van der Waals surface area (Å²) in [6, 6.07) is 5.96. The van der Waals surface area contributed by atoms with Crippen molar-refractivity contribution in [2.24, 2.45) is 5.92 Å². The molecule has 1 aromatic carbocycles. The molecule has 0 aromatic heterocycles. The van der Waals surface area contributed by atoms with Gasteiger partial charge in [-0.25, -0.2) is 17.1 Å².